The summed E-state index contributed by atoms with van der Waals surface area (Å²) >= 11 is 0. The Morgan fingerprint density at radius 2 is 1.68 bits per heavy atom. The second-order valence-corrected chi connectivity index (χ2v) is 12.6. The van der Waals surface area contributed by atoms with Crippen LogP contribution in [-0.2, 0) is 55.0 Å². The molecule has 50 heavy (non-hydrogen) atoms. The van der Waals surface area contributed by atoms with Gasteiger partial charge in [-0.05, 0) is 12.1 Å². The van der Waals surface area contributed by atoms with Crippen LogP contribution in [0.1, 0.15) is 18.9 Å². The van der Waals surface area contributed by atoms with Gasteiger partial charge in [-0.3, -0.25) is 38.2 Å². The smallest absolute Gasteiger partial charge is 0.309 e. The predicted octanol–water partition coefficient (Wildman–Crippen LogP) is -3.51. The Morgan fingerprint density at radius 1 is 1.00 bits per heavy atom. The van der Waals surface area contributed by atoms with Crippen LogP contribution in [0.5, 0.6) is 11.5 Å². The quantitative estimate of drug-likeness (QED) is 0.0333. The van der Waals surface area contributed by atoms with E-state index < -0.39 is 94.4 Å². The number of esters is 1. The number of rotatable bonds is 18. The Hall–Kier alpha value is -4.67. The van der Waals surface area contributed by atoms with E-state index in [1.807, 2.05) is 0 Å². The molecule has 0 radical (unpaired) electrons. The number of aliphatic carboxylic acids is 1. The highest BCUT2D eigenvalue weighted by Crippen LogP contribution is 2.32. The molecule has 6 atom stereocenters. The first kappa shape index (κ1) is 39.8. The zero-order valence-electron chi connectivity index (χ0n) is 26.5. The van der Waals surface area contributed by atoms with Crippen molar-refractivity contribution in [1.29, 1.82) is 0 Å². The van der Waals surface area contributed by atoms with Crippen LogP contribution in [0, 0.1) is 5.92 Å². The fourth-order valence-corrected chi connectivity index (χ4v) is 5.47. The number of carbonyl (C=O) groups excluding carboxylic acids is 5. The van der Waals surface area contributed by atoms with E-state index in [0.29, 0.717) is 10.5 Å². The first-order valence-corrected chi connectivity index (χ1v) is 16.5. The molecule has 21 heteroatoms. The van der Waals surface area contributed by atoms with Crippen LogP contribution < -0.4 is 20.1 Å². The second kappa shape index (κ2) is 17.8. The van der Waals surface area contributed by atoms with Crippen molar-refractivity contribution in [2.45, 2.75) is 50.4 Å². The topological polar surface area (TPSA) is 302 Å². The number of imide groups is 1. The molecule has 2 aliphatic rings. The van der Waals surface area contributed by atoms with Gasteiger partial charge < -0.3 is 50.0 Å². The molecule has 0 bridgehead atoms. The molecule has 1 aromatic rings. The lowest BCUT2D eigenvalue weighted by Gasteiger charge is -2.38. The number of benzene rings is 1. The SMILES string of the molecule is CC(=O)OCc1ccc(O[C@@H]2C[C@H](C(=O)O)[C@@H](O)[C@H](O)[C@H]2O)cc1OCCOCCNC(=O)[C@H](CS(=O)(=O)O)NC(=O)CN1C(=O)C=CC1=O. The summed E-state index contributed by atoms with van der Waals surface area (Å²) in [5.74, 6) is -7.92. The summed E-state index contributed by atoms with van der Waals surface area (Å²) in [6.07, 6.45) is -4.75. The molecule has 1 heterocycles. The zero-order valence-corrected chi connectivity index (χ0v) is 27.3. The van der Waals surface area contributed by atoms with Crippen LogP contribution in [0.4, 0.5) is 0 Å². The van der Waals surface area contributed by atoms with Crippen molar-refractivity contribution in [3.8, 4) is 11.5 Å². The van der Waals surface area contributed by atoms with Crippen molar-refractivity contribution >= 4 is 45.7 Å². The molecular weight excluding hydrogens is 694 g/mol. The number of amides is 4. The van der Waals surface area contributed by atoms with E-state index in [-0.39, 0.29) is 50.9 Å². The van der Waals surface area contributed by atoms with Gasteiger partial charge in [-0.25, -0.2) is 0 Å². The number of hydrogen-bond acceptors (Lipinski definition) is 15. The average Bonchev–Trinajstić information content (AvgIpc) is 3.34. The number of aliphatic hydroxyl groups is 3. The maximum Gasteiger partial charge on any atom is 0.309 e. The molecule has 7 N–H and O–H groups in total. The fourth-order valence-electron chi connectivity index (χ4n) is 4.82. The van der Waals surface area contributed by atoms with Gasteiger partial charge in [-0.15, -0.1) is 0 Å². The van der Waals surface area contributed by atoms with Gasteiger partial charge in [0.15, 0.2) is 0 Å². The van der Waals surface area contributed by atoms with Crippen LogP contribution in [0.15, 0.2) is 30.4 Å². The molecule has 1 aromatic carbocycles. The molecule has 1 aliphatic heterocycles. The number of carboxylic acid groups (broad SMARTS) is 1. The molecule has 4 amide bonds. The zero-order chi connectivity index (χ0) is 37.2. The van der Waals surface area contributed by atoms with Crippen LogP contribution in [0.3, 0.4) is 0 Å². The van der Waals surface area contributed by atoms with Gasteiger partial charge in [0.2, 0.25) is 11.8 Å². The first-order chi connectivity index (χ1) is 23.5. The van der Waals surface area contributed by atoms with E-state index in [9.17, 15) is 62.2 Å². The van der Waals surface area contributed by atoms with E-state index in [0.717, 1.165) is 12.2 Å². The monoisotopic (exact) mass is 731 g/mol. The standard InChI is InChI=1S/C29H37N3O17S/c1-15(33)48-13-16-2-3-17(49-21-11-18(29(41)42)25(37)27(39)26(21)38)10-20(16)47-9-8-46-7-6-30-28(40)19(14-50(43,44)45)31-22(34)12-32-23(35)4-5-24(32)36/h2-5,10,18-19,21,25-27,37-39H,6-9,11-14H2,1H3,(H,30,40)(H,31,34)(H,41,42)(H,43,44,45)/t18-,19-,21+,25+,26-,27-/m0/s1. The van der Waals surface area contributed by atoms with Gasteiger partial charge in [0, 0.05) is 43.7 Å². The lowest BCUT2D eigenvalue weighted by molar-refractivity contribution is -0.174. The summed E-state index contributed by atoms with van der Waals surface area (Å²) in [5, 5.41) is 44.2. The molecule has 1 saturated carbocycles. The van der Waals surface area contributed by atoms with Crippen molar-refractivity contribution in [1.82, 2.24) is 15.5 Å². The number of nitrogens with one attached hydrogen (secondary N) is 2. The van der Waals surface area contributed by atoms with Crippen LogP contribution in [-0.4, -0.2) is 143 Å². The molecule has 1 fully saturated rings. The highest BCUT2D eigenvalue weighted by Gasteiger charge is 2.47. The van der Waals surface area contributed by atoms with Gasteiger partial charge in [-0.1, -0.05) is 0 Å². The molecule has 1 aliphatic carbocycles. The van der Waals surface area contributed by atoms with Crippen LogP contribution in [0.2, 0.25) is 0 Å². The van der Waals surface area contributed by atoms with E-state index in [2.05, 4.69) is 10.6 Å². The Bertz CT molecular complexity index is 1560. The van der Waals surface area contributed by atoms with E-state index in [1.165, 1.54) is 25.1 Å². The summed E-state index contributed by atoms with van der Waals surface area (Å²) in [6.45, 7) is -0.286. The van der Waals surface area contributed by atoms with Gasteiger partial charge in [0.05, 0.1) is 25.2 Å². The maximum absolute atomic E-state index is 12.6. The third-order valence-corrected chi connectivity index (χ3v) is 8.07. The molecule has 0 spiro atoms. The Balaban J connectivity index is 1.52. The predicted molar refractivity (Wildman–Crippen MR) is 164 cm³/mol. The number of aliphatic hydroxyl groups excluding tert-OH is 3. The third-order valence-electron chi connectivity index (χ3n) is 7.32. The van der Waals surface area contributed by atoms with Crippen molar-refractivity contribution < 1.29 is 81.1 Å². The number of hydrogen-bond donors (Lipinski definition) is 7. The van der Waals surface area contributed by atoms with Gasteiger partial charge in [-0.2, -0.15) is 8.42 Å². The number of carbonyl (C=O) groups is 6. The second-order valence-electron chi connectivity index (χ2n) is 11.1. The minimum atomic E-state index is -4.75. The summed E-state index contributed by atoms with van der Waals surface area (Å²) in [6, 6.07) is 2.52. The van der Waals surface area contributed by atoms with Crippen molar-refractivity contribution in [2.24, 2.45) is 5.92 Å². The summed E-state index contributed by atoms with van der Waals surface area (Å²) in [7, 11) is -4.75. The molecular formula is C29H37N3O17S. The van der Waals surface area contributed by atoms with Crippen LogP contribution >= 0.6 is 0 Å². The van der Waals surface area contributed by atoms with Crippen molar-refractivity contribution in [2.75, 3.05) is 38.7 Å². The lowest BCUT2D eigenvalue weighted by Crippen LogP contribution is -2.57. The van der Waals surface area contributed by atoms with Crippen molar-refractivity contribution in [3.05, 3.63) is 35.9 Å². The minimum Gasteiger partial charge on any atom is -0.491 e. The summed E-state index contributed by atoms with van der Waals surface area (Å²) in [4.78, 5) is 71.6. The number of nitrogens with zero attached hydrogens (tertiary/aromatic N) is 1. The normalized spacial score (nSPS) is 22.5. The molecule has 0 aromatic heterocycles. The van der Waals surface area contributed by atoms with E-state index in [1.54, 1.807) is 0 Å². The maximum atomic E-state index is 12.6. The Kier molecular flexibility index (Phi) is 14.2. The highest BCUT2D eigenvalue weighted by atomic mass is 32.2. The number of carboxylic acids is 1. The summed E-state index contributed by atoms with van der Waals surface area (Å²) < 4.78 is 53.9. The first-order valence-electron chi connectivity index (χ1n) is 14.9. The van der Waals surface area contributed by atoms with Gasteiger partial charge in [0.1, 0.15) is 61.4 Å². The molecule has 20 nitrogen and oxygen atoms in total. The van der Waals surface area contributed by atoms with Gasteiger partial charge >= 0.3 is 11.9 Å². The van der Waals surface area contributed by atoms with Gasteiger partial charge in [0.25, 0.3) is 21.9 Å². The Morgan fingerprint density at radius 3 is 2.30 bits per heavy atom. The van der Waals surface area contributed by atoms with E-state index in [4.69, 9.17) is 18.9 Å². The molecule has 3 rings (SSSR count). The minimum absolute atomic E-state index is 0.0726. The molecule has 276 valence electrons. The third kappa shape index (κ3) is 11.7. The van der Waals surface area contributed by atoms with E-state index >= 15 is 0 Å². The van der Waals surface area contributed by atoms with Crippen LogP contribution in [0.25, 0.3) is 0 Å². The largest absolute Gasteiger partial charge is 0.491 e. The fraction of sp³-hybridized carbons (Fsp3) is 0.517. The highest BCUT2D eigenvalue weighted by molar-refractivity contribution is 7.85. The molecule has 0 unspecified atom stereocenters. The summed E-state index contributed by atoms with van der Waals surface area (Å²) in [5.41, 5.74) is 0.393. The van der Waals surface area contributed by atoms with Crippen molar-refractivity contribution in [3.63, 3.8) is 0 Å². The lowest BCUT2D eigenvalue weighted by atomic mass is 9.81. The average molecular weight is 732 g/mol. The molecule has 0 saturated heterocycles. The number of ether oxygens (including phenoxy) is 4. The Labute approximate surface area is 284 Å².